The van der Waals surface area contributed by atoms with Crippen LogP contribution in [-0.2, 0) is 9.59 Å². The number of nitrogens with one attached hydrogen (secondary N) is 3. The predicted octanol–water partition coefficient (Wildman–Crippen LogP) is -0.0781. The second-order valence-electron chi connectivity index (χ2n) is 5.81. The number of benzene rings is 1. The van der Waals surface area contributed by atoms with Crippen molar-refractivity contribution in [2.45, 2.75) is 26.8 Å². The molecule has 1 aromatic carbocycles. The molecule has 0 aliphatic heterocycles. The molecule has 1 rings (SSSR count). The molecule has 0 saturated heterocycles. The van der Waals surface area contributed by atoms with Gasteiger partial charge in [-0.25, -0.2) is 0 Å². The van der Waals surface area contributed by atoms with Crippen molar-refractivity contribution in [1.29, 1.82) is 0 Å². The highest BCUT2D eigenvalue weighted by atomic mass is 16.5. The molecule has 2 amide bonds. The first kappa shape index (κ1) is 20.8. The van der Waals surface area contributed by atoms with Gasteiger partial charge in [-0.15, -0.1) is 0 Å². The standard InChI is InChI=1S/C18H29N3O4/c1-6-19-17(22)11-21(7-2)12-18(23)20-13(3)15-10-14(24-4)8-9-16(15)25-5/h8-10,13H,6-7,11-12H2,1-5H3,(H,19,22)(H,20,23)/p+1/t13-/m0/s1. The maximum absolute atomic E-state index is 12.4. The summed E-state index contributed by atoms with van der Waals surface area (Å²) in [5.41, 5.74) is 0.844. The Labute approximate surface area is 149 Å². The van der Waals surface area contributed by atoms with E-state index in [4.69, 9.17) is 9.47 Å². The number of hydrogen-bond acceptors (Lipinski definition) is 4. The summed E-state index contributed by atoms with van der Waals surface area (Å²) >= 11 is 0. The zero-order chi connectivity index (χ0) is 18.8. The number of quaternary nitrogens is 1. The van der Waals surface area contributed by atoms with E-state index < -0.39 is 0 Å². The molecule has 1 unspecified atom stereocenters. The maximum atomic E-state index is 12.4. The van der Waals surface area contributed by atoms with E-state index in [-0.39, 0.29) is 30.9 Å². The molecule has 0 saturated carbocycles. The number of ether oxygens (including phenoxy) is 2. The van der Waals surface area contributed by atoms with Crippen LogP contribution in [0.2, 0.25) is 0 Å². The van der Waals surface area contributed by atoms with E-state index >= 15 is 0 Å². The lowest BCUT2D eigenvalue weighted by Gasteiger charge is -2.20. The molecule has 25 heavy (non-hydrogen) atoms. The van der Waals surface area contributed by atoms with E-state index in [0.717, 1.165) is 10.5 Å². The number of likely N-dealkylation sites (N-methyl/N-ethyl adjacent to an activating group) is 2. The average molecular weight is 352 g/mol. The van der Waals surface area contributed by atoms with Crippen molar-refractivity contribution >= 4 is 11.8 Å². The number of carbonyl (C=O) groups is 2. The van der Waals surface area contributed by atoms with Crippen molar-refractivity contribution in [1.82, 2.24) is 10.6 Å². The Bertz CT molecular complexity index is 577. The SMILES string of the molecule is CCNC(=O)C[NH+](CC)CC(=O)N[C@@H](C)c1cc(OC)ccc1OC. The fraction of sp³-hybridized carbons (Fsp3) is 0.556. The molecule has 0 radical (unpaired) electrons. The Kier molecular flexibility index (Phi) is 8.77. The van der Waals surface area contributed by atoms with Crippen LogP contribution < -0.4 is 25.0 Å². The van der Waals surface area contributed by atoms with Crippen LogP contribution in [0.4, 0.5) is 0 Å². The summed E-state index contributed by atoms with van der Waals surface area (Å²) < 4.78 is 10.6. The van der Waals surface area contributed by atoms with E-state index in [2.05, 4.69) is 10.6 Å². The number of methoxy groups -OCH3 is 2. The lowest BCUT2D eigenvalue weighted by molar-refractivity contribution is -0.881. The third kappa shape index (κ3) is 6.62. The van der Waals surface area contributed by atoms with Crippen LogP contribution in [0.15, 0.2) is 18.2 Å². The van der Waals surface area contributed by atoms with Gasteiger partial charge in [0, 0.05) is 12.1 Å². The number of rotatable bonds is 10. The zero-order valence-corrected chi connectivity index (χ0v) is 15.8. The number of carbonyl (C=O) groups excluding carboxylic acids is 2. The first-order valence-electron chi connectivity index (χ1n) is 8.56. The van der Waals surface area contributed by atoms with Gasteiger partial charge in [0.25, 0.3) is 11.8 Å². The molecule has 140 valence electrons. The number of hydrogen-bond donors (Lipinski definition) is 3. The fourth-order valence-corrected chi connectivity index (χ4v) is 2.57. The van der Waals surface area contributed by atoms with Gasteiger partial charge in [-0.1, -0.05) is 0 Å². The topological polar surface area (TPSA) is 81.1 Å². The molecule has 0 aromatic heterocycles. The zero-order valence-electron chi connectivity index (χ0n) is 15.8. The summed E-state index contributed by atoms with van der Waals surface area (Å²) in [6.07, 6.45) is 0. The minimum atomic E-state index is -0.236. The third-order valence-corrected chi connectivity index (χ3v) is 3.98. The lowest BCUT2D eigenvalue weighted by atomic mass is 10.1. The van der Waals surface area contributed by atoms with Crippen LogP contribution in [0.5, 0.6) is 11.5 Å². The molecular formula is C18H30N3O4+. The van der Waals surface area contributed by atoms with Crippen molar-refractivity contribution in [3.8, 4) is 11.5 Å². The number of amides is 2. The monoisotopic (exact) mass is 352 g/mol. The summed E-state index contributed by atoms with van der Waals surface area (Å²) in [5, 5.41) is 5.72. The molecule has 2 atom stereocenters. The summed E-state index contributed by atoms with van der Waals surface area (Å²) in [6.45, 7) is 7.54. The molecule has 0 heterocycles. The van der Waals surface area contributed by atoms with E-state index in [1.165, 1.54) is 0 Å². The highest BCUT2D eigenvalue weighted by Crippen LogP contribution is 2.29. The molecule has 0 spiro atoms. The van der Waals surface area contributed by atoms with Gasteiger partial charge in [0.05, 0.1) is 26.8 Å². The second kappa shape index (κ2) is 10.6. The molecule has 1 aromatic rings. The van der Waals surface area contributed by atoms with Crippen LogP contribution in [0.1, 0.15) is 32.4 Å². The van der Waals surface area contributed by atoms with Gasteiger partial charge in [-0.2, -0.15) is 0 Å². The molecule has 3 N–H and O–H groups in total. The first-order chi connectivity index (χ1) is 11.9. The average Bonchev–Trinajstić information content (AvgIpc) is 2.60. The Morgan fingerprint density at radius 2 is 1.80 bits per heavy atom. The Morgan fingerprint density at radius 3 is 2.36 bits per heavy atom. The minimum Gasteiger partial charge on any atom is -0.497 e. The van der Waals surface area contributed by atoms with Crippen molar-refractivity contribution in [3.63, 3.8) is 0 Å². The van der Waals surface area contributed by atoms with Crippen LogP contribution in [0, 0.1) is 0 Å². The summed E-state index contributed by atoms with van der Waals surface area (Å²) in [7, 11) is 3.19. The van der Waals surface area contributed by atoms with Crippen molar-refractivity contribution in [2.75, 3.05) is 40.4 Å². The van der Waals surface area contributed by atoms with Crippen LogP contribution >= 0.6 is 0 Å². The van der Waals surface area contributed by atoms with E-state index in [0.29, 0.717) is 24.6 Å². The molecule has 0 aliphatic carbocycles. The van der Waals surface area contributed by atoms with Gasteiger partial charge in [-0.05, 0) is 39.0 Å². The van der Waals surface area contributed by atoms with Crippen molar-refractivity contribution < 1.29 is 24.0 Å². The lowest BCUT2D eigenvalue weighted by Crippen LogP contribution is -3.14. The fourth-order valence-electron chi connectivity index (χ4n) is 2.57. The predicted molar refractivity (Wildman–Crippen MR) is 96.0 cm³/mol. The minimum absolute atomic E-state index is 0.0466. The summed E-state index contributed by atoms with van der Waals surface area (Å²) in [4.78, 5) is 25.0. The van der Waals surface area contributed by atoms with Crippen LogP contribution in [0.3, 0.4) is 0 Å². The smallest absolute Gasteiger partial charge is 0.275 e. The van der Waals surface area contributed by atoms with Crippen molar-refractivity contribution in [3.05, 3.63) is 23.8 Å². The Balaban J connectivity index is 2.71. The Morgan fingerprint density at radius 1 is 1.12 bits per heavy atom. The maximum Gasteiger partial charge on any atom is 0.275 e. The largest absolute Gasteiger partial charge is 0.497 e. The molecule has 0 aliphatic rings. The van der Waals surface area contributed by atoms with Gasteiger partial charge in [0.2, 0.25) is 0 Å². The van der Waals surface area contributed by atoms with Gasteiger partial charge in [0.15, 0.2) is 13.1 Å². The van der Waals surface area contributed by atoms with Crippen LogP contribution in [0.25, 0.3) is 0 Å². The second-order valence-corrected chi connectivity index (χ2v) is 5.81. The van der Waals surface area contributed by atoms with Crippen molar-refractivity contribution in [2.24, 2.45) is 0 Å². The quantitative estimate of drug-likeness (QED) is 0.550. The van der Waals surface area contributed by atoms with Gasteiger partial charge >= 0.3 is 0 Å². The normalized spacial score (nSPS) is 12.8. The Hall–Kier alpha value is -2.28. The van der Waals surface area contributed by atoms with Gasteiger partial charge < -0.3 is 25.0 Å². The summed E-state index contributed by atoms with van der Waals surface area (Å²) in [6, 6.07) is 5.24. The summed E-state index contributed by atoms with van der Waals surface area (Å²) in [5.74, 6) is 1.23. The van der Waals surface area contributed by atoms with Crippen LogP contribution in [-0.4, -0.2) is 52.2 Å². The van der Waals surface area contributed by atoms with E-state index in [1.807, 2.05) is 39.0 Å². The van der Waals surface area contributed by atoms with E-state index in [1.54, 1.807) is 14.2 Å². The molecule has 0 bridgehead atoms. The third-order valence-electron chi connectivity index (χ3n) is 3.98. The molecule has 7 nitrogen and oxygen atoms in total. The highest BCUT2D eigenvalue weighted by Gasteiger charge is 2.20. The van der Waals surface area contributed by atoms with Gasteiger partial charge in [-0.3, -0.25) is 9.59 Å². The highest BCUT2D eigenvalue weighted by molar-refractivity contribution is 5.79. The van der Waals surface area contributed by atoms with Gasteiger partial charge in [0.1, 0.15) is 11.5 Å². The first-order valence-corrected chi connectivity index (χ1v) is 8.56. The molecule has 7 heteroatoms. The molecular weight excluding hydrogens is 322 g/mol. The molecule has 0 fully saturated rings. The van der Waals surface area contributed by atoms with E-state index in [9.17, 15) is 9.59 Å².